The number of thiophene rings is 1. The van der Waals surface area contributed by atoms with E-state index in [0.29, 0.717) is 12.5 Å². The van der Waals surface area contributed by atoms with Crippen LogP contribution in [0.4, 0.5) is 10.5 Å². The number of aliphatic hydroxyl groups is 2. The summed E-state index contributed by atoms with van der Waals surface area (Å²) in [6, 6.07) is 1.33. The van der Waals surface area contributed by atoms with Gasteiger partial charge in [0.15, 0.2) is 0 Å². The molecule has 4 N–H and O–H groups in total. The lowest BCUT2D eigenvalue weighted by Gasteiger charge is -2.38. The average molecular weight is 406 g/mol. The third kappa shape index (κ3) is 5.09. The fourth-order valence-electron chi connectivity index (χ4n) is 3.63. The summed E-state index contributed by atoms with van der Waals surface area (Å²) in [5.41, 5.74) is 0.754. The number of amides is 2. The van der Waals surface area contributed by atoms with Gasteiger partial charge in [0.05, 0.1) is 24.4 Å². The molecular formula is C17H28ClN3O4S. The first kappa shape index (κ1) is 21.4. The van der Waals surface area contributed by atoms with E-state index in [2.05, 4.69) is 22.5 Å². The minimum absolute atomic E-state index is 0. The first-order valence-corrected chi connectivity index (χ1v) is 9.78. The van der Waals surface area contributed by atoms with Crippen LogP contribution in [0.3, 0.4) is 0 Å². The highest BCUT2D eigenvalue weighted by molar-refractivity contribution is 7.08. The molecule has 9 heteroatoms. The number of rotatable bonds is 5. The number of nitrogens with zero attached hydrogens (tertiary/aromatic N) is 1. The van der Waals surface area contributed by atoms with E-state index in [-0.39, 0.29) is 37.2 Å². The van der Waals surface area contributed by atoms with Crippen LogP contribution in [0.25, 0.3) is 0 Å². The van der Waals surface area contributed by atoms with Crippen LogP contribution in [0.1, 0.15) is 19.8 Å². The smallest absolute Gasteiger partial charge is 0.319 e. The molecule has 148 valence electrons. The van der Waals surface area contributed by atoms with Crippen molar-refractivity contribution in [2.75, 3.05) is 31.6 Å². The molecule has 0 aliphatic carbocycles. The van der Waals surface area contributed by atoms with Crippen molar-refractivity contribution < 1.29 is 19.7 Å². The molecule has 0 spiro atoms. The van der Waals surface area contributed by atoms with Crippen molar-refractivity contribution in [1.29, 1.82) is 0 Å². The minimum atomic E-state index is -0.745. The van der Waals surface area contributed by atoms with E-state index in [4.69, 9.17) is 4.74 Å². The van der Waals surface area contributed by atoms with Gasteiger partial charge < -0.3 is 25.6 Å². The fraction of sp³-hybridized carbons (Fsp3) is 0.706. The largest absolute Gasteiger partial charge is 0.394 e. The summed E-state index contributed by atoms with van der Waals surface area (Å²) in [6.45, 7) is 4.12. The number of hydrogen-bond acceptors (Lipinski definition) is 6. The molecule has 2 aliphatic rings. The van der Waals surface area contributed by atoms with Crippen LogP contribution < -0.4 is 10.6 Å². The number of aliphatic hydroxyl groups excluding tert-OH is 2. The van der Waals surface area contributed by atoms with E-state index in [9.17, 15) is 15.0 Å². The second-order valence-electron chi connectivity index (χ2n) is 6.94. The van der Waals surface area contributed by atoms with E-state index in [0.717, 1.165) is 31.6 Å². The Morgan fingerprint density at radius 3 is 2.73 bits per heavy atom. The zero-order chi connectivity index (χ0) is 17.8. The van der Waals surface area contributed by atoms with Gasteiger partial charge in [-0.3, -0.25) is 4.90 Å². The van der Waals surface area contributed by atoms with Gasteiger partial charge >= 0.3 is 6.03 Å². The van der Waals surface area contributed by atoms with E-state index in [1.807, 2.05) is 16.8 Å². The van der Waals surface area contributed by atoms with Crippen molar-refractivity contribution in [2.45, 2.75) is 44.1 Å². The first-order chi connectivity index (χ1) is 12.1. The maximum Gasteiger partial charge on any atom is 0.319 e. The highest BCUT2D eigenvalue weighted by atomic mass is 35.5. The molecule has 0 aromatic carbocycles. The highest BCUT2D eigenvalue weighted by Crippen LogP contribution is 2.29. The quantitative estimate of drug-likeness (QED) is 0.595. The summed E-state index contributed by atoms with van der Waals surface area (Å²) >= 11 is 1.51. The third-order valence-electron chi connectivity index (χ3n) is 5.12. The van der Waals surface area contributed by atoms with Gasteiger partial charge in [0.2, 0.25) is 0 Å². The number of carbonyl (C=O) groups excluding carboxylic acids is 1. The SMILES string of the molecule is CC1CCN([C@@H]2[C@H](O)[C@H](CO)O[C@@H]2CNC(=O)Nc2ccsc2)CC1.Cl. The Balaban J connectivity index is 0.00000243. The van der Waals surface area contributed by atoms with Crippen molar-refractivity contribution >= 4 is 35.5 Å². The summed E-state index contributed by atoms with van der Waals surface area (Å²) in [5.74, 6) is 0.692. The van der Waals surface area contributed by atoms with E-state index < -0.39 is 12.2 Å². The van der Waals surface area contributed by atoms with Crippen molar-refractivity contribution in [3.63, 3.8) is 0 Å². The van der Waals surface area contributed by atoms with Crippen molar-refractivity contribution in [2.24, 2.45) is 5.92 Å². The summed E-state index contributed by atoms with van der Waals surface area (Å²) < 4.78 is 5.82. The molecule has 2 fully saturated rings. The predicted molar refractivity (Wildman–Crippen MR) is 104 cm³/mol. The molecule has 0 radical (unpaired) electrons. The number of ether oxygens (including phenoxy) is 1. The molecule has 2 amide bonds. The van der Waals surface area contributed by atoms with Gasteiger partial charge in [-0.25, -0.2) is 4.79 Å². The Hall–Kier alpha value is -0.900. The van der Waals surface area contributed by atoms with Gasteiger partial charge in [0.25, 0.3) is 0 Å². The molecule has 0 saturated carbocycles. The number of likely N-dealkylation sites (tertiary alicyclic amines) is 1. The zero-order valence-electron chi connectivity index (χ0n) is 14.8. The van der Waals surface area contributed by atoms with E-state index >= 15 is 0 Å². The minimum Gasteiger partial charge on any atom is -0.394 e. The number of hydrogen-bond donors (Lipinski definition) is 4. The topological polar surface area (TPSA) is 94.1 Å². The van der Waals surface area contributed by atoms with Crippen LogP contribution in [0, 0.1) is 5.92 Å². The number of halogens is 1. The number of urea groups is 1. The second-order valence-corrected chi connectivity index (χ2v) is 7.72. The van der Waals surface area contributed by atoms with Crippen molar-refractivity contribution in [3.05, 3.63) is 16.8 Å². The Morgan fingerprint density at radius 1 is 1.38 bits per heavy atom. The monoisotopic (exact) mass is 405 g/mol. The van der Waals surface area contributed by atoms with Gasteiger partial charge in [0, 0.05) is 11.9 Å². The molecule has 4 atom stereocenters. The van der Waals surface area contributed by atoms with Crippen LogP contribution in [0.15, 0.2) is 16.8 Å². The van der Waals surface area contributed by atoms with Gasteiger partial charge in [0.1, 0.15) is 12.2 Å². The van der Waals surface area contributed by atoms with E-state index in [1.165, 1.54) is 11.3 Å². The Labute approximate surface area is 164 Å². The summed E-state index contributed by atoms with van der Waals surface area (Å²) in [4.78, 5) is 14.3. The van der Waals surface area contributed by atoms with Crippen molar-refractivity contribution in [3.8, 4) is 0 Å². The molecule has 2 saturated heterocycles. The molecule has 7 nitrogen and oxygen atoms in total. The zero-order valence-corrected chi connectivity index (χ0v) is 16.5. The fourth-order valence-corrected chi connectivity index (χ4v) is 4.22. The second kappa shape index (κ2) is 9.87. The van der Waals surface area contributed by atoms with E-state index in [1.54, 1.807) is 0 Å². The predicted octanol–water partition coefficient (Wildman–Crippen LogP) is 1.51. The third-order valence-corrected chi connectivity index (χ3v) is 5.81. The lowest BCUT2D eigenvalue weighted by Crippen LogP contribution is -2.53. The average Bonchev–Trinajstić information content (AvgIpc) is 3.21. The van der Waals surface area contributed by atoms with Gasteiger partial charge in [-0.1, -0.05) is 6.92 Å². The van der Waals surface area contributed by atoms with Gasteiger partial charge in [-0.15, -0.1) is 12.4 Å². The lowest BCUT2D eigenvalue weighted by molar-refractivity contribution is -0.0205. The number of piperidine rings is 1. The maximum atomic E-state index is 12.0. The number of anilines is 1. The molecule has 26 heavy (non-hydrogen) atoms. The number of nitrogens with one attached hydrogen (secondary N) is 2. The van der Waals surface area contributed by atoms with Crippen LogP contribution in [0.5, 0.6) is 0 Å². The van der Waals surface area contributed by atoms with Crippen molar-refractivity contribution in [1.82, 2.24) is 10.2 Å². The van der Waals surface area contributed by atoms with Crippen LogP contribution >= 0.6 is 23.7 Å². The molecule has 3 rings (SSSR count). The Kier molecular flexibility index (Phi) is 8.12. The molecular weight excluding hydrogens is 378 g/mol. The molecule has 0 bridgehead atoms. The standard InChI is InChI=1S/C17H27N3O4S.ClH/c1-11-2-5-20(6-3-11)15-13(24-14(9-21)16(15)22)8-18-17(23)19-12-4-7-25-10-12;/h4,7,10-11,13-16,21-22H,2-3,5-6,8-9H2,1H3,(H2,18,19,23);1H/t13-,14+,15+,16-;/m1./s1. The normalized spacial score (nSPS) is 30.0. The van der Waals surface area contributed by atoms with Crippen LogP contribution in [0.2, 0.25) is 0 Å². The first-order valence-electron chi connectivity index (χ1n) is 8.84. The maximum absolute atomic E-state index is 12.0. The lowest BCUT2D eigenvalue weighted by atomic mass is 9.94. The molecule has 3 heterocycles. The summed E-state index contributed by atoms with van der Waals surface area (Å²) in [5, 5.41) is 29.3. The van der Waals surface area contributed by atoms with Crippen LogP contribution in [-0.2, 0) is 4.74 Å². The highest BCUT2D eigenvalue weighted by Gasteiger charge is 2.46. The Morgan fingerprint density at radius 2 is 2.12 bits per heavy atom. The Bertz CT molecular complexity index is 554. The molecule has 0 unspecified atom stereocenters. The number of carbonyl (C=O) groups is 1. The summed E-state index contributed by atoms with van der Waals surface area (Å²) in [7, 11) is 0. The summed E-state index contributed by atoms with van der Waals surface area (Å²) in [6.07, 6.45) is 0.493. The van der Waals surface area contributed by atoms with Gasteiger partial charge in [-0.05, 0) is 43.3 Å². The molecule has 1 aromatic rings. The molecule has 2 aliphatic heterocycles. The molecule has 1 aromatic heterocycles. The van der Waals surface area contributed by atoms with Crippen LogP contribution in [-0.4, -0.2) is 71.7 Å². The van der Waals surface area contributed by atoms with Gasteiger partial charge in [-0.2, -0.15) is 11.3 Å².